The number of sulfone groups is 1. The summed E-state index contributed by atoms with van der Waals surface area (Å²) in [7, 11) is -3.09. The number of hydrogen-bond donors (Lipinski definition) is 1. The number of nitriles is 1. The summed E-state index contributed by atoms with van der Waals surface area (Å²) < 4.78 is 23.8. The van der Waals surface area contributed by atoms with Crippen molar-refractivity contribution >= 4 is 31.5 Å². The molecule has 1 aliphatic rings. The third kappa shape index (κ3) is 2.79. The lowest BCUT2D eigenvalue weighted by Gasteiger charge is -2.22. The molecule has 2 rings (SSSR count). The summed E-state index contributed by atoms with van der Waals surface area (Å²) >= 11 is 3.32. The van der Waals surface area contributed by atoms with Gasteiger partial charge in [-0.2, -0.15) is 5.26 Å². The summed E-state index contributed by atoms with van der Waals surface area (Å²) in [5, 5.41) is 12.2. The molecule has 90 valence electrons. The van der Waals surface area contributed by atoms with E-state index in [2.05, 4.69) is 27.3 Å². The number of nitrogens with one attached hydrogen (secondary N) is 1. The third-order valence-corrected chi connectivity index (χ3v) is 5.04. The first-order valence-corrected chi connectivity index (χ1v) is 7.72. The second kappa shape index (κ2) is 4.31. The molecule has 1 saturated heterocycles. The van der Waals surface area contributed by atoms with Crippen molar-refractivity contribution in [2.24, 2.45) is 0 Å². The van der Waals surface area contributed by atoms with Crippen molar-refractivity contribution in [3.8, 4) is 6.07 Å². The highest BCUT2D eigenvalue weighted by atomic mass is 79.9. The zero-order valence-corrected chi connectivity index (χ0v) is 11.4. The summed E-state index contributed by atoms with van der Waals surface area (Å²) in [4.78, 5) is 0. The molecule has 0 bridgehead atoms. The minimum Gasteiger partial charge on any atom is -0.367 e. The molecule has 6 heteroatoms. The SMILES string of the molecule is N#CC1(Nc2ccc(Br)cc2)CCS(=O)(=O)C1. The van der Waals surface area contributed by atoms with E-state index in [1.165, 1.54) is 0 Å². The maximum absolute atomic E-state index is 11.5. The molecular formula is C11H11BrN2O2S. The number of rotatable bonds is 2. The Balaban J connectivity index is 2.22. The maximum Gasteiger partial charge on any atom is 0.153 e. The topological polar surface area (TPSA) is 70.0 Å². The van der Waals surface area contributed by atoms with E-state index >= 15 is 0 Å². The van der Waals surface area contributed by atoms with Gasteiger partial charge in [0.1, 0.15) is 5.54 Å². The van der Waals surface area contributed by atoms with Crippen LogP contribution in [-0.2, 0) is 9.84 Å². The molecule has 0 amide bonds. The fourth-order valence-electron chi connectivity index (χ4n) is 1.87. The van der Waals surface area contributed by atoms with E-state index in [0.29, 0.717) is 6.42 Å². The molecule has 0 aliphatic carbocycles. The largest absolute Gasteiger partial charge is 0.367 e. The molecule has 1 atom stereocenters. The number of anilines is 1. The Morgan fingerprint density at radius 1 is 1.35 bits per heavy atom. The second-order valence-corrected chi connectivity index (χ2v) is 7.27. The van der Waals surface area contributed by atoms with E-state index in [0.717, 1.165) is 10.2 Å². The minimum absolute atomic E-state index is 0.0735. The van der Waals surface area contributed by atoms with Gasteiger partial charge in [-0.25, -0.2) is 8.42 Å². The lowest BCUT2D eigenvalue weighted by Crippen LogP contribution is -2.37. The zero-order valence-electron chi connectivity index (χ0n) is 8.98. The van der Waals surface area contributed by atoms with Crippen LogP contribution in [-0.4, -0.2) is 25.5 Å². The molecule has 0 spiro atoms. The molecule has 1 aliphatic heterocycles. The van der Waals surface area contributed by atoms with Gasteiger partial charge in [0, 0.05) is 10.2 Å². The average molecular weight is 315 g/mol. The van der Waals surface area contributed by atoms with E-state index in [-0.39, 0.29) is 11.5 Å². The summed E-state index contributed by atoms with van der Waals surface area (Å²) in [6.07, 6.45) is 0.335. The minimum atomic E-state index is -3.09. The van der Waals surface area contributed by atoms with Gasteiger partial charge < -0.3 is 5.32 Å². The lowest BCUT2D eigenvalue weighted by atomic mass is 10.0. The molecule has 1 N–H and O–H groups in total. The van der Waals surface area contributed by atoms with Crippen molar-refractivity contribution in [3.63, 3.8) is 0 Å². The van der Waals surface area contributed by atoms with Crippen molar-refractivity contribution in [1.29, 1.82) is 5.26 Å². The van der Waals surface area contributed by atoms with E-state index in [4.69, 9.17) is 0 Å². The Morgan fingerprint density at radius 3 is 2.47 bits per heavy atom. The first-order chi connectivity index (χ1) is 7.95. The summed E-state index contributed by atoms with van der Waals surface area (Å²) in [5.74, 6) is -0.0450. The second-order valence-electron chi connectivity index (χ2n) is 4.17. The smallest absolute Gasteiger partial charge is 0.153 e. The van der Waals surface area contributed by atoms with Crippen molar-refractivity contribution in [1.82, 2.24) is 0 Å². The summed E-state index contributed by atoms with van der Waals surface area (Å²) in [6.45, 7) is 0. The molecule has 0 saturated carbocycles. The summed E-state index contributed by atoms with van der Waals surface area (Å²) in [5.41, 5.74) is -0.223. The Bertz CT molecular complexity index is 562. The van der Waals surface area contributed by atoms with Crippen LogP contribution in [0.25, 0.3) is 0 Å². The molecular weight excluding hydrogens is 304 g/mol. The van der Waals surface area contributed by atoms with Crippen molar-refractivity contribution in [2.75, 3.05) is 16.8 Å². The van der Waals surface area contributed by atoms with Gasteiger partial charge in [-0.05, 0) is 30.7 Å². The first kappa shape index (κ1) is 12.4. The highest BCUT2D eigenvalue weighted by molar-refractivity contribution is 9.10. The number of hydrogen-bond acceptors (Lipinski definition) is 4. The highest BCUT2D eigenvalue weighted by Gasteiger charge is 2.42. The van der Waals surface area contributed by atoms with Crippen LogP contribution < -0.4 is 5.32 Å². The molecule has 1 aromatic rings. The van der Waals surface area contributed by atoms with Gasteiger partial charge in [-0.1, -0.05) is 15.9 Å². The fraction of sp³-hybridized carbons (Fsp3) is 0.364. The Labute approximate surface area is 109 Å². The molecule has 1 unspecified atom stereocenters. The van der Waals surface area contributed by atoms with Crippen LogP contribution in [0.2, 0.25) is 0 Å². The van der Waals surface area contributed by atoms with Gasteiger partial charge in [0.2, 0.25) is 0 Å². The normalized spacial score (nSPS) is 26.4. The molecule has 4 nitrogen and oxygen atoms in total. The Hall–Kier alpha value is -1.06. The van der Waals surface area contributed by atoms with E-state index in [1.807, 2.05) is 24.3 Å². The van der Waals surface area contributed by atoms with Crippen molar-refractivity contribution in [3.05, 3.63) is 28.7 Å². The van der Waals surface area contributed by atoms with Crippen LogP contribution in [0.1, 0.15) is 6.42 Å². The van der Waals surface area contributed by atoms with Gasteiger partial charge in [-0.3, -0.25) is 0 Å². The van der Waals surface area contributed by atoms with Gasteiger partial charge >= 0.3 is 0 Å². The Kier molecular flexibility index (Phi) is 3.15. The zero-order chi connectivity index (χ0) is 12.5. The van der Waals surface area contributed by atoms with E-state index in [9.17, 15) is 13.7 Å². The van der Waals surface area contributed by atoms with Crippen LogP contribution in [0.3, 0.4) is 0 Å². The van der Waals surface area contributed by atoms with Gasteiger partial charge in [0.05, 0.1) is 17.6 Å². The van der Waals surface area contributed by atoms with E-state index < -0.39 is 15.4 Å². The molecule has 0 aromatic heterocycles. The molecule has 1 fully saturated rings. The third-order valence-electron chi connectivity index (χ3n) is 2.75. The van der Waals surface area contributed by atoms with Crippen LogP contribution in [0, 0.1) is 11.3 Å². The molecule has 1 heterocycles. The molecule has 17 heavy (non-hydrogen) atoms. The van der Waals surface area contributed by atoms with Crippen molar-refractivity contribution in [2.45, 2.75) is 12.0 Å². The number of nitrogens with zero attached hydrogens (tertiary/aromatic N) is 1. The highest BCUT2D eigenvalue weighted by Crippen LogP contribution is 2.27. The predicted octanol–water partition coefficient (Wildman–Crippen LogP) is 1.94. The van der Waals surface area contributed by atoms with Crippen LogP contribution in [0.15, 0.2) is 28.7 Å². The van der Waals surface area contributed by atoms with Crippen LogP contribution in [0.4, 0.5) is 5.69 Å². The Morgan fingerprint density at radius 2 is 2.00 bits per heavy atom. The maximum atomic E-state index is 11.5. The van der Waals surface area contributed by atoms with Crippen molar-refractivity contribution < 1.29 is 8.42 Å². The van der Waals surface area contributed by atoms with Crippen LogP contribution >= 0.6 is 15.9 Å². The number of benzene rings is 1. The van der Waals surface area contributed by atoms with Gasteiger partial charge in [-0.15, -0.1) is 0 Å². The van der Waals surface area contributed by atoms with Gasteiger partial charge in [0.15, 0.2) is 9.84 Å². The van der Waals surface area contributed by atoms with E-state index in [1.54, 1.807) is 0 Å². The summed E-state index contributed by atoms with van der Waals surface area (Å²) in [6, 6.07) is 9.41. The quantitative estimate of drug-likeness (QED) is 0.905. The number of halogens is 1. The first-order valence-electron chi connectivity index (χ1n) is 5.10. The average Bonchev–Trinajstić information content (AvgIpc) is 2.59. The monoisotopic (exact) mass is 314 g/mol. The fourth-order valence-corrected chi connectivity index (χ4v) is 3.97. The van der Waals surface area contributed by atoms with Gasteiger partial charge in [0.25, 0.3) is 0 Å². The molecule has 0 radical (unpaired) electrons. The van der Waals surface area contributed by atoms with Crippen LogP contribution in [0.5, 0.6) is 0 Å². The predicted molar refractivity (Wildman–Crippen MR) is 69.4 cm³/mol. The lowest BCUT2D eigenvalue weighted by molar-refractivity contribution is 0.599. The molecule has 1 aromatic carbocycles. The standard InChI is InChI=1S/C11H11BrN2O2S/c12-9-1-3-10(4-2-9)14-11(7-13)5-6-17(15,16)8-11/h1-4,14H,5-6,8H2.